The van der Waals surface area contributed by atoms with Crippen molar-refractivity contribution < 1.29 is 19.1 Å². The summed E-state index contributed by atoms with van der Waals surface area (Å²) in [5.41, 5.74) is 3.33. The number of aryl methyl sites for hydroxylation is 2. The lowest BCUT2D eigenvalue weighted by molar-refractivity contribution is -0.116. The van der Waals surface area contributed by atoms with Crippen molar-refractivity contribution in [1.29, 1.82) is 0 Å². The fraction of sp³-hybridized carbons (Fsp3) is 0.280. The smallest absolute Gasteiger partial charge is 0.341 e. The average Bonchev–Trinajstić information content (AvgIpc) is 3.12. The van der Waals surface area contributed by atoms with E-state index in [1.54, 1.807) is 0 Å². The molecular weight excluding hydrogens is 490 g/mol. The molecule has 1 amide bonds. The number of esters is 1. The second kappa shape index (κ2) is 11.3. The molecule has 0 saturated heterocycles. The van der Waals surface area contributed by atoms with Crippen LogP contribution in [0.1, 0.15) is 40.6 Å². The lowest BCUT2D eigenvalue weighted by Gasteiger charge is -2.10. The molecule has 0 aliphatic carbocycles. The quantitative estimate of drug-likeness (QED) is 0.256. The zero-order valence-corrected chi connectivity index (χ0v) is 20.8. The van der Waals surface area contributed by atoms with Crippen LogP contribution in [0.3, 0.4) is 0 Å². The van der Waals surface area contributed by atoms with E-state index in [0.717, 1.165) is 32.6 Å². The molecule has 3 rings (SSSR count). The van der Waals surface area contributed by atoms with Crippen molar-refractivity contribution in [3.8, 4) is 16.9 Å². The minimum Gasteiger partial charge on any atom is -0.492 e. The van der Waals surface area contributed by atoms with E-state index < -0.39 is 5.97 Å². The largest absolute Gasteiger partial charge is 0.492 e. The molecule has 3 aromatic rings. The SMILES string of the molecule is CCc1ccc(OCCCC(=O)Nc2sc(C)c(-c3ccccc3)c2C(=O)OC)c(Br)c1. The van der Waals surface area contributed by atoms with Crippen LogP contribution in [-0.4, -0.2) is 25.6 Å². The first-order chi connectivity index (χ1) is 15.4. The summed E-state index contributed by atoms with van der Waals surface area (Å²) < 4.78 is 11.7. The Kier molecular flexibility index (Phi) is 8.47. The first-order valence-electron chi connectivity index (χ1n) is 10.4. The van der Waals surface area contributed by atoms with Crippen molar-refractivity contribution in [1.82, 2.24) is 0 Å². The number of methoxy groups -OCH3 is 1. The molecule has 0 saturated carbocycles. The maximum atomic E-state index is 12.6. The van der Waals surface area contributed by atoms with Crippen molar-refractivity contribution in [3.63, 3.8) is 0 Å². The van der Waals surface area contributed by atoms with Gasteiger partial charge in [-0.1, -0.05) is 43.3 Å². The molecule has 2 aromatic carbocycles. The van der Waals surface area contributed by atoms with E-state index in [1.165, 1.54) is 24.0 Å². The lowest BCUT2D eigenvalue weighted by Crippen LogP contribution is -2.15. The van der Waals surface area contributed by atoms with Crippen molar-refractivity contribution in [2.75, 3.05) is 19.0 Å². The predicted molar refractivity (Wildman–Crippen MR) is 133 cm³/mol. The molecule has 0 radical (unpaired) electrons. The molecule has 168 valence electrons. The number of thiophene rings is 1. The van der Waals surface area contributed by atoms with E-state index in [2.05, 4.69) is 28.2 Å². The Labute approximate surface area is 200 Å². The van der Waals surface area contributed by atoms with Gasteiger partial charge in [-0.05, 0) is 59.0 Å². The summed E-state index contributed by atoms with van der Waals surface area (Å²) in [6.07, 6.45) is 1.79. The van der Waals surface area contributed by atoms with Crippen molar-refractivity contribution in [3.05, 3.63) is 69.0 Å². The number of rotatable bonds is 9. The molecule has 0 spiro atoms. The van der Waals surface area contributed by atoms with Gasteiger partial charge in [-0.3, -0.25) is 4.79 Å². The summed E-state index contributed by atoms with van der Waals surface area (Å²) in [5.74, 6) is 0.129. The molecule has 0 bridgehead atoms. The summed E-state index contributed by atoms with van der Waals surface area (Å²) in [6.45, 7) is 4.45. The van der Waals surface area contributed by atoms with Gasteiger partial charge in [-0.15, -0.1) is 11.3 Å². The number of hydrogen-bond acceptors (Lipinski definition) is 5. The first kappa shape index (κ1) is 24.0. The van der Waals surface area contributed by atoms with E-state index in [9.17, 15) is 9.59 Å². The Bertz CT molecular complexity index is 1090. The molecule has 1 N–H and O–H groups in total. The highest BCUT2D eigenvalue weighted by Crippen LogP contribution is 2.40. The Hall–Kier alpha value is -2.64. The third kappa shape index (κ3) is 5.78. The summed E-state index contributed by atoms with van der Waals surface area (Å²) in [4.78, 5) is 26.0. The zero-order chi connectivity index (χ0) is 23.1. The van der Waals surface area contributed by atoms with Crippen molar-refractivity contribution >= 4 is 44.1 Å². The minimum atomic E-state index is -0.466. The van der Waals surface area contributed by atoms with Crippen LogP contribution in [0.15, 0.2) is 53.0 Å². The number of carbonyl (C=O) groups excluding carboxylic acids is 2. The molecule has 0 atom stereocenters. The Balaban J connectivity index is 1.64. The fourth-order valence-corrected chi connectivity index (χ4v) is 4.99. The van der Waals surface area contributed by atoms with E-state index in [0.29, 0.717) is 23.6 Å². The van der Waals surface area contributed by atoms with Crippen LogP contribution < -0.4 is 10.1 Å². The summed E-state index contributed by atoms with van der Waals surface area (Å²) in [7, 11) is 1.35. The number of nitrogens with one attached hydrogen (secondary N) is 1. The van der Waals surface area contributed by atoms with Crippen LogP contribution in [0.25, 0.3) is 11.1 Å². The third-order valence-electron chi connectivity index (χ3n) is 5.00. The van der Waals surface area contributed by atoms with Gasteiger partial charge in [0.1, 0.15) is 16.3 Å². The van der Waals surface area contributed by atoms with E-state index in [-0.39, 0.29) is 12.3 Å². The standard InChI is InChI=1S/C25H26BrNO4S/c1-4-17-12-13-20(19(26)15-17)31-14-8-11-21(28)27-24-23(25(29)30-3)22(16(2)32-24)18-9-6-5-7-10-18/h5-7,9-10,12-13,15H,4,8,11,14H2,1-3H3,(H,27,28). The van der Waals surface area contributed by atoms with Gasteiger partial charge in [0.15, 0.2) is 0 Å². The van der Waals surface area contributed by atoms with Gasteiger partial charge in [0, 0.05) is 16.9 Å². The van der Waals surface area contributed by atoms with E-state index >= 15 is 0 Å². The number of ether oxygens (including phenoxy) is 2. The maximum Gasteiger partial charge on any atom is 0.341 e. The monoisotopic (exact) mass is 515 g/mol. The minimum absolute atomic E-state index is 0.167. The van der Waals surface area contributed by atoms with Gasteiger partial charge < -0.3 is 14.8 Å². The normalized spacial score (nSPS) is 10.6. The molecule has 1 heterocycles. The summed E-state index contributed by atoms with van der Waals surface area (Å²) >= 11 is 4.90. The Morgan fingerprint density at radius 2 is 1.88 bits per heavy atom. The fourth-order valence-electron chi connectivity index (χ4n) is 3.37. The van der Waals surface area contributed by atoms with Gasteiger partial charge in [0.05, 0.1) is 18.2 Å². The Morgan fingerprint density at radius 1 is 1.12 bits per heavy atom. The molecule has 0 unspecified atom stereocenters. The van der Waals surface area contributed by atoms with Crippen LogP contribution in [-0.2, 0) is 16.0 Å². The lowest BCUT2D eigenvalue weighted by atomic mass is 10.0. The van der Waals surface area contributed by atoms with E-state index in [1.807, 2.05) is 55.5 Å². The second-order valence-electron chi connectivity index (χ2n) is 7.21. The van der Waals surface area contributed by atoms with Gasteiger partial charge in [-0.2, -0.15) is 0 Å². The highest BCUT2D eigenvalue weighted by atomic mass is 79.9. The predicted octanol–water partition coefficient (Wildman–Crippen LogP) is 6.63. The van der Waals surface area contributed by atoms with Gasteiger partial charge in [0.25, 0.3) is 0 Å². The molecule has 0 fully saturated rings. The maximum absolute atomic E-state index is 12.6. The number of anilines is 1. The molecule has 5 nitrogen and oxygen atoms in total. The van der Waals surface area contributed by atoms with Gasteiger partial charge >= 0.3 is 5.97 Å². The van der Waals surface area contributed by atoms with Crippen LogP contribution in [0.2, 0.25) is 0 Å². The highest BCUT2D eigenvalue weighted by Gasteiger charge is 2.24. The highest BCUT2D eigenvalue weighted by molar-refractivity contribution is 9.10. The molecule has 1 aromatic heterocycles. The van der Waals surface area contributed by atoms with E-state index in [4.69, 9.17) is 9.47 Å². The topological polar surface area (TPSA) is 64.6 Å². The van der Waals surface area contributed by atoms with Gasteiger partial charge in [0.2, 0.25) is 5.91 Å². The number of benzene rings is 2. The van der Waals surface area contributed by atoms with Crippen LogP contribution >= 0.6 is 27.3 Å². The third-order valence-corrected chi connectivity index (χ3v) is 6.64. The number of hydrogen-bond donors (Lipinski definition) is 1. The number of carbonyl (C=O) groups is 2. The summed E-state index contributed by atoms with van der Waals surface area (Å²) in [6, 6.07) is 15.6. The first-order valence-corrected chi connectivity index (χ1v) is 12.0. The zero-order valence-electron chi connectivity index (χ0n) is 18.4. The van der Waals surface area contributed by atoms with Crippen LogP contribution in [0, 0.1) is 6.92 Å². The second-order valence-corrected chi connectivity index (χ2v) is 9.29. The molecular formula is C25H26BrNO4S. The number of amides is 1. The van der Waals surface area contributed by atoms with Crippen molar-refractivity contribution in [2.45, 2.75) is 33.1 Å². The molecule has 7 heteroatoms. The molecule has 0 aliphatic heterocycles. The number of halogens is 1. The molecule has 32 heavy (non-hydrogen) atoms. The average molecular weight is 516 g/mol. The van der Waals surface area contributed by atoms with Crippen LogP contribution in [0.5, 0.6) is 5.75 Å². The van der Waals surface area contributed by atoms with Crippen LogP contribution in [0.4, 0.5) is 5.00 Å². The van der Waals surface area contributed by atoms with Gasteiger partial charge in [-0.25, -0.2) is 4.79 Å². The molecule has 0 aliphatic rings. The Morgan fingerprint density at radius 3 is 2.53 bits per heavy atom. The van der Waals surface area contributed by atoms with Crippen molar-refractivity contribution in [2.24, 2.45) is 0 Å². The summed E-state index contributed by atoms with van der Waals surface area (Å²) in [5, 5.41) is 3.41.